The molecule has 0 amide bonds. The van der Waals surface area contributed by atoms with Crippen molar-refractivity contribution in [3.8, 4) is 0 Å². The summed E-state index contributed by atoms with van der Waals surface area (Å²) in [7, 11) is 0. The summed E-state index contributed by atoms with van der Waals surface area (Å²) in [6.07, 6.45) is 2.72. The molecule has 9 heteroatoms. The predicted molar refractivity (Wildman–Crippen MR) is 91.3 cm³/mol. The molecule has 0 aliphatic carbocycles. The maximum absolute atomic E-state index is 13.8. The van der Waals surface area contributed by atoms with E-state index in [4.69, 9.17) is 5.11 Å². The van der Waals surface area contributed by atoms with E-state index in [1.165, 1.54) is 18.3 Å². The molecule has 7 nitrogen and oxygen atoms in total. The Labute approximate surface area is 150 Å². The lowest BCUT2D eigenvalue weighted by Gasteiger charge is -2.26. The number of nitro groups is 1. The Morgan fingerprint density at radius 3 is 2.84 bits per heavy atom. The van der Waals surface area contributed by atoms with Crippen LogP contribution in [-0.4, -0.2) is 27.5 Å². The van der Waals surface area contributed by atoms with Gasteiger partial charge in [-0.25, -0.2) is 9.18 Å². The summed E-state index contributed by atoms with van der Waals surface area (Å²) in [6.45, 7) is 0.530. The zero-order valence-corrected chi connectivity index (χ0v) is 14.4. The van der Waals surface area contributed by atoms with Crippen LogP contribution in [0, 0.1) is 15.9 Å². The first kappa shape index (κ1) is 17.3. The third kappa shape index (κ3) is 3.46. The molecule has 0 saturated carbocycles. The molecule has 1 aromatic carbocycles. The molecular formula is C16H13BrFN3O4. The monoisotopic (exact) mass is 409 g/mol. The zero-order valence-electron chi connectivity index (χ0n) is 12.9. The first-order valence-electron chi connectivity index (χ1n) is 7.47. The van der Waals surface area contributed by atoms with Crippen LogP contribution in [-0.2, 0) is 0 Å². The summed E-state index contributed by atoms with van der Waals surface area (Å²) in [4.78, 5) is 27.5. The lowest BCUT2D eigenvalue weighted by atomic mass is 10.0. The van der Waals surface area contributed by atoms with Gasteiger partial charge < -0.3 is 20.1 Å². The average Bonchev–Trinajstić information content (AvgIpc) is 3.03. The highest BCUT2D eigenvalue weighted by atomic mass is 79.9. The molecule has 1 aromatic heterocycles. The molecule has 0 spiro atoms. The third-order valence-corrected chi connectivity index (χ3v) is 4.53. The highest BCUT2D eigenvalue weighted by Crippen LogP contribution is 2.40. The van der Waals surface area contributed by atoms with Crippen LogP contribution in [0.15, 0.2) is 34.9 Å². The fourth-order valence-corrected chi connectivity index (χ4v) is 3.42. The lowest BCUT2D eigenvalue weighted by Crippen LogP contribution is -2.24. The fourth-order valence-electron chi connectivity index (χ4n) is 3.10. The molecule has 130 valence electrons. The first-order chi connectivity index (χ1) is 11.9. The summed E-state index contributed by atoms with van der Waals surface area (Å²) in [6, 6.07) is 4.87. The van der Waals surface area contributed by atoms with E-state index in [0.29, 0.717) is 28.7 Å². The van der Waals surface area contributed by atoms with Crippen LogP contribution in [0.25, 0.3) is 0 Å². The van der Waals surface area contributed by atoms with Crippen molar-refractivity contribution in [1.29, 1.82) is 0 Å². The van der Waals surface area contributed by atoms with Crippen LogP contribution < -0.4 is 4.90 Å². The Morgan fingerprint density at radius 2 is 2.16 bits per heavy atom. The second kappa shape index (κ2) is 6.75. The number of nitrogens with zero attached hydrogens (tertiary/aromatic N) is 3. The zero-order chi connectivity index (χ0) is 18.1. The van der Waals surface area contributed by atoms with Crippen LogP contribution in [0.5, 0.6) is 0 Å². The number of carbonyl (C=O) groups is 1. The molecule has 25 heavy (non-hydrogen) atoms. The Hall–Kier alpha value is -2.55. The van der Waals surface area contributed by atoms with Gasteiger partial charge in [-0.15, -0.1) is 0 Å². The number of benzene rings is 1. The summed E-state index contributed by atoms with van der Waals surface area (Å²) in [5, 5.41) is 20.4. The minimum atomic E-state index is -1.22. The smallest absolute Gasteiger partial charge is 0.387 e. The van der Waals surface area contributed by atoms with Crippen LogP contribution in [0.1, 0.15) is 34.8 Å². The number of aromatic carboxylic acids is 1. The van der Waals surface area contributed by atoms with Gasteiger partial charge in [-0.1, -0.05) is 0 Å². The molecule has 1 fully saturated rings. The van der Waals surface area contributed by atoms with E-state index < -0.39 is 16.7 Å². The minimum absolute atomic E-state index is 0.149. The van der Waals surface area contributed by atoms with E-state index in [9.17, 15) is 19.3 Å². The lowest BCUT2D eigenvalue weighted by molar-refractivity contribution is -0.388. The second-order valence-corrected chi connectivity index (χ2v) is 6.60. The Kier molecular flexibility index (Phi) is 4.67. The van der Waals surface area contributed by atoms with Crippen molar-refractivity contribution in [2.45, 2.75) is 18.9 Å². The van der Waals surface area contributed by atoms with E-state index in [1.807, 2.05) is 0 Å². The first-order valence-corrected chi connectivity index (χ1v) is 8.26. The van der Waals surface area contributed by atoms with Crippen molar-refractivity contribution in [1.82, 2.24) is 4.98 Å². The number of anilines is 1. The van der Waals surface area contributed by atoms with E-state index in [2.05, 4.69) is 20.9 Å². The predicted octanol–water partition coefficient (Wildman–Crippen LogP) is 3.93. The number of hydrogen-bond donors (Lipinski definition) is 1. The van der Waals surface area contributed by atoms with Crippen molar-refractivity contribution in [3.63, 3.8) is 0 Å². The van der Waals surface area contributed by atoms with Gasteiger partial charge in [0, 0.05) is 6.54 Å². The van der Waals surface area contributed by atoms with Gasteiger partial charge in [-0.3, -0.25) is 0 Å². The topological polar surface area (TPSA) is 96.6 Å². The van der Waals surface area contributed by atoms with E-state index in [1.54, 1.807) is 11.0 Å². The van der Waals surface area contributed by atoms with E-state index in [-0.39, 0.29) is 17.4 Å². The van der Waals surface area contributed by atoms with Gasteiger partial charge in [-0.2, -0.15) is 0 Å². The molecular weight excluding hydrogens is 397 g/mol. The van der Waals surface area contributed by atoms with Crippen molar-refractivity contribution in [3.05, 3.63) is 62.0 Å². The van der Waals surface area contributed by atoms with Gasteiger partial charge >= 0.3 is 11.8 Å². The largest absolute Gasteiger partial charge is 0.478 e. The quantitative estimate of drug-likeness (QED) is 0.606. The number of rotatable bonds is 4. The number of hydrogen-bond acceptors (Lipinski definition) is 5. The molecule has 0 bridgehead atoms. The van der Waals surface area contributed by atoms with Crippen LogP contribution in [0.2, 0.25) is 0 Å². The fraction of sp³-hybridized carbons (Fsp3) is 0.250. The number of carboxylic acid groups (broad SMARTS) is 1. The van der Waals surface area contributed by atoms with Crippen LogP contribution >= 0.6 is 15.9 Å². The summed E-state index contributed by atoms with van der Waals surface area (Å²) >= 11 is 3.26. The van der Waals surface area contributed by atoms with Crippen LogP contribution in [0.4, 0.5) is 15.9 Å². The standard InChI is InChI=1S/C16H13BrFN3O4/c17-11-7-14(15(19-8-11)21(24)25)20-3-1-2-13(20)9-4-10(16(22)23)6-12(18)5-9/h4-8,13H,1-3H2,(H,22,23)/t13-/m1/s1. The number of aromatic nitrogens is 1. The second-order valence-electron chi connectivity index (χ2n) is 5.68. The Morgan fingerprint density at radius 1 is 1.40 bits per heavy atom. The van der Waals surface area contributed by atoms with E-state index >= 15 is 0 Å². The van der Waals surface area contributed by atoms with Crippen LogP contribution in [0.3, 0.4) is 0 Å². The Balaban J connectivity index is 2.06. The third-order valence-electron chi connectivity index (χ3n) is 4.10. The van der Waals surface area contributed by atoms with Crippen molar-refractivity contribution in [2.75, 3.05) is 11.4 Å². The molecule has 0 radical (unpaired) electrons. The molecule has 1 atom stereocenters. The van der Waals surface area contributed by atoms with Crippen molar-refractivity contribution >= 4 is 33.4 Å². The molecule has 3 rings (SSSR count). The molecule has 1 saturated heterocycles. The number of carboxylic acids is 1. The summed E-state index contributed by atoms with van der Waals surface area (Å²) in [5.74, 6) is -2.16. The molecule has 2 aromatic rings. The van der Waals surface area contributed by atoms with E-state index in [0.717, 1.165) is 12.5 Å². The highest BCUT2D eigenvalue weighted by Gasteiger charge is 2.32. The van der Waals surface area contributed by atoms with Gasteiger partial charge in [0.25, 0.3) is 0 Å². The van der Waals surface area contributed by atoms with Gasteiger partial charge in [-0.05, 0) is 68.5 Å². The number of halogens is 2. The van der Waals surface area contributed by atoms with Gasteiger partial charge in [0.15, 0.2) is 6.20 Å². The van der Waals surface area contributed by atoms with Gasteiger partial charge in [0.2, 0.25) is 0 Å². The molecule has 0 unspecified atom stereocenters. The summed E-state index contributed by atoms with van der Waals surface area (Å²) in [5.41, 5.74) is 0.649. The molecule has 1 aliphatic rings. The maximum Gasteiger partial charge on any atom is 0.387 e. The molecule has 1 N–H and O–H groups in total. The average molecular weight is 410 g/mol. The highest BCUT2D eigenvalue weighted by molar-refractivity contribution is 9.10. The van der Waals surface area contributed by atoms with Crippen molar-refractivity contribution < 1.29 is 19.2 Å². The summed E-state index contributed by atoms with van der Waals surface area (Å²) < 4.78 is 14.4. The maximum atomic E-state index is 13.8. The van der Waals surface area contributed by atoms with Gasteiger partial charge in [0.1, 0.15) is 11.5 Å². The molecule has 2 heterocycles. The van der Waals surface area contributed by atoms with Gasteiger partial charge in [0.05, 0.1) is 16.1 Å². The SMILES string of the molecule is O=C(O)c1cc(F)cc([C@H]2CCCN2c2cc(Br)cnc2[N+](=O)[O-])c1. The Bertz CT molecular complexity index is 861. The van der Waals surface area contributed by atoms with Crippen molar-refractivity contribution in [2.24, 2.45) is 0 Å². The minimum Gasteiger partial charge on any atom is -0.478 e. The molecule has 1 aliphatic heterocycles. The number of pyridine rings is 1. The normalized spacial score (nSPS) is 16.9.